The Morgan fingerprint density at radius 2 is 1.57 bits per heavy atom. The topological polar surface area (TPSA) is 44.8 Å². The second-order valence-electron chi connectivity index (χ2n) is 5.31. The highest BCUT2D eigenvalue weighted by Gasteiger charge is 2.33. The lowest BCUT2D eigenvalue weighted by molar-refractivity contribution is -0.137. The van der Waals surface area contributed by atoms with E-state index in [0.717, 1.165) is 31.4 Å². The number of hydrogen-bond acceptors (Lipinski definition) is 4. The molecule has 0 aliphatic rings. The van der Waals surface area contributed by atoms with Crippen molar-refractivity contribution in [3.05, 3.63) is 12.7 Å². The fourth-order valence-electron chi connectivity index (χ4n) is 2.43. The van der Waals surface area contributed by atoms with Gasteiger partial charge < -0.3 is 13.6 Å². The molecule has 5 heteroatoms. The Morgan fingerprint density at radius 1 is 1.00 bits per heavy atom. The third-order valence-corrected chi connectivity index (χ3v) is 7.60. The Bertz CT molecular complexity index is 277. The monoisotopic (exact) mass is 316 g/mol. The van der Waals surface area contributed by atoms with Crippen LogP contribution in [-0.2, 0) is 18.4 Å². The van der Waals surface area contributed by atoms with Crippen molar-refractivity contribution in [2.75, 3.05) is 20.8 Å². The van der Waals surface area contributed by atoms with E-state index in [1.807, 2.05) is 0 Å². The average molecular weight is 317 g/mol. The van der Waals surface area contributed by atoms with Crippen molar-refractivity contribution in [1.82, 2.24) is 0 Å². The van der Waals surface area contributed by atoms with Gasteiger partial charge in [-0.15, -0.1) is 0 Å². The van der Waals surface area contributed by atoms with E-state index in [9.17, 15) is 4.79 Å². The van der Waals surface area contributed by atoms with Gasteiger partial charge in [-0.1, -0.05) is 52.0 Å². The number of unbranched alkanes of at least 4 members (excludes halogenated alkanes) is 5. The molecule has 0 saturated carbocycles. The molecule has 0 aliphatic heterocycles. The molecule has 0 N–H and O–H groups in total. The van der Waals surface area contributed by atoms with E-state index in [2.05, 4.69) is 13.5 Å². The van der Waals surface area contributed by atoms with Crippen LogP contribution in [0, 0.1) is 0 Å². The predicted octanol–water partition coefficient (Wildman–Crippen LogP) is 4.20. The zero-order valence-electron chi connectivity index (χ0n) is 14.0. The van der Waals surface area contributed by atoms with Gasteiger partial charge in [0.05, 0.1) is 6.61 Å². The van der Waals surface area contributed by atoms with E-state index in [4.69, 9.17) is 13.6 Å². The summed E-state index contributed by atoms with van der Waals surface area (Å²) in [6, 6.07) is 2.17. The van der Waals surface area contributed by atoms with Crippen LogP contribution in [0.5, 0.6) is 0 Å². The van der Waals surface area contributed by atoms with Crippen LogP contribution in [0.1, 0.15) is 51.9 Å². The highest BCUT2D eigenvalue weighted by molar-refractivity contribution is 6.67. The summed E-state index contributed by atoms with van der Waals surface area (Å²) in [6.45, 7) is 6.05. The molecule has 0 aliphatic carbocycles. The molecular formula is C16H32O4Si. The van der Waals surface area contributed by atoms with Crippen LogP contribution in [0.15, 0.2) is 12.7 Å². The first kappa shape index (κ1) is 20.3. The summed E-state index contributed by atoms with van der Waals surface area (Å²) in [5.41, 5.74) is 0. The molecule has 0 aromatic carbocycles. The third kappa shape index (κ3) is 9.82. The molecule has 0 atom stereocenters. The van der Waals surface area contributed by atoms with Gasteiger partial charge in [-0.2, -0.15) is 0 Å². The first-order chi connectivity index (χ1) is 10.1. The summed E-state index contributed by atoms with van der Waals surface area (Å²) < 4.78 is 16.3. The minimum absolute atomic E-state index is 0.327. The zero-order chi connectivity index (χ0) is 16.0. The van der Waals surface area contributed by atoms with Crippen LogP contribution >= 0.6 is 0 Å². The molecule has 0 amide bonds. The maximum absolute atomic E-state index is 10.8. The number of ether oxygens (including phenoxy) is 1. The third-order valence-electron chi connectivity index (χ3n) is 3.74. The minimum atomic E-state index is -1.91. The van der Waals surface area contributed by atoms with E-state index in [-0.39, 0.29) is 5.97 Å². The standard InChI is InChI=1S/C16H32O4Si/c1-5-14-21(18-3,19-4)15-12-10-8-7-9-11-13-20-16(17)6-2/h6H,2,5,7-15H2,1,3-4H3. The summed E-state index contributed by atoms with van der Waals surface area (Å²) in [7, 11) is 1.67. The molecule has 0 saturated heterocycles. The Morgan fingerprint density at radius 3 is 2.10 bits per heavy atom. The smallest absolute Gasteiger partial charge is 0.337 e. The lowest BCUT2D eigenvalue weighted by Crippen LogP contribution is -2.39. The number of esters is 1. The molecule has 0 fully saturated rings. The maximum Gasteiger partial charge on any atom is 0.337 e. The van der Waals surface area contributed by atoms with Gasteiger partial charge in [0.15, 0.2) is 0 Å². The second kappa shape index (κ2) is 13.0. The Kier molecular flexibility index (Phi) is 12.6. The van der Waals surface area contributed by atoms with Gasteiger partial charge in [0.1, 0.15) is 0 Å². The van der Waals surface area contributed by atoms with Crippen molar-refractivity contribution >= 4 is 14.5 Å². The molecule has 0 spiro atoms. The Balaban J connectivity index is 3.54. The van der Waals surface area contributed by atoms with Crippen molar-refractivity contribution in [2.24, 2.45) is 0 Å². The number of carbonyl (C=O) groups excluding carboxylic acids is 1. The SMILES string of the molecule is C=CC(=O)OCCCCCCCC[Si](CCC)(OC)OC. The van der Waals surface area contributed by atoms with E-state index in [0.29, 0.717) is 6.61 Å². The summed E-state index contributed by atoms with van der Waals surface area (Å²) in [5.74, 6) is -0.327. The molecule has 4 nitrogen and oxygen atoms in total. The second-order valence-corrected chi connectivity index (χ2v) is 8.95. The number of rotatable bonds is 14. The molecule has 21 heavy (non-hydrogen) atoms. The summed E-state index contributed by atoms with van der Waals surface area (Å²) in [5, 5.41) is 0. The predicted molar refractivity (Wildman–Crippen MR) is 88.5 cm³/mol. The van der Waals surface area contributed by atoms with Crippen molar-refractivity contribution in [1.29, 1.82) is 0 Å². The molecular weight excluding hydrogens is 284 g/mol. The zero-order valence-corrected chi connectivity index (χ0v) is 15.0. The lowest BCUT2D eigenvalue weighted by atomic mass is 10.1. The van der Waals surface area contributed by atoms with E-state index in [1.54, 1.807) is 14.2 Å². The van der Waals surface area contributed by atoms with Crippen LogP contribution in [0.4, 0.5) is 0 Å². The first-order valence-electron chi connectivity index (χ1n) is 8.03. The molecule has 0 heterocycles. The highest BCUT2D eigenvalue weighted by Crippen LogP contribution is 2.23. The average Bonchev–Trinajstić information content (AvgIpc) is 2.51. The number of carbonyl (C=O) groups is 1. The summed E-state index contributed by atoms with van der Waals surface area (Å²) in [4.78, 5) is 10.8. The van der Waals surface area contributed by atoms with Crippen molar-refractivity contribution in [3.8, 4) is 0 Å². The summed E-state index contributed by atoms with van der Waals surface area (Å²) in [6.07, 6.45) is 9.18. The number of hydrogen-bond donors (Lipinski definition) is 0. The molecule has 0 rings (SSSR count). The van der Waals surface area contributed by atoms with Gasteiger partial charge >= 0.3 is 14.5 Å². The molecule has 0 unspecified atom stereocenters. The fourth-order valence-corrected chi connectivity index (χ4v) is 5.22. The van der Waals surface area contributed by atoms with E-state index >= 15 is 0 Å². The Labute approximate surface area is 131 Å². The molecule has 0 radical (unpaired) electrons. The molecule has 0 bridgehead atoms. The fraction of sp³-hybridized carbons (Fsp3) is 0.812. The molecule has 124 valence electrons. The first-order valence-corrected chi connectivity index (χ1v) is 10.3. The maximum atomic E-state index is 10.8. The van der Waals surface area contributed by atoms with E-state index < -0.39 is 8.56 Å². The lowest BCUT2D eigenvalue weighted by Gasteiger charge is -2.27. The van der Waals surface area contributed by atoms with Gasteiger partial charge in [-0.05, 0) is 18.5 Å². The highest BCUT2D eigenvalue weighted by atomic mass is 28.4. The molecule has 0 aromatic heterocycles. The van der Waals surface area contributed by atoms with Crippen LogP contribution in [-0.4, -0.2) is 35.4 Å². The Hall–Kier alpha value is -0.653. The van der Waals surface area contributed by atoms with Gasteiger partial charge in [0.2, 0.25) is 0 Å². The van der Waals surface area contributed by atoms with Crippen molar-refractivity contribution < 1.29 is 18.4 Å². The van der Waals surface area contributed by atoms with Crippen LogP contribution in [0.25, 0.3) is 0 Å². The van der Waals surface area contributed by atoms with Crippen molar-refractivity contribution in [3.63, 3.8) is 0 Å². The van der Waals surface area contributed by atoms with Gasteiger partial charge in [-0.25, -0.2) is 4.79 Å². The van der Waals surface area contributed by atoms with E-state index in [1.165, 1.54) is 31.8 Å². The van der Waals surface area contributed by atoms with Crippen LogP contribution in [0.3, 0.4) is 0 Å². The van der Waals surface area contributed by atoms with Gasteiger partial charge in [0.25, 0.3) is 0 Å². The van der Waals surface area contributed by atoms with Gasteiger partial charge in [-0.3, -0.25) is 0 Å². The largest absolute Gasteiger partial charge is 0.463 e. The molecule has 0 aromatic rings. The quantitative estimate of drug-likeness (QED) is 0.208. The van der Waals surface area contributed by atoms with Gasteiger partial charge in [0, 0.05) is 20.3 Å². The van der Waals surface area contributed by atoms with Crippen LogP contribution in [0.2, 0.25) is 12.1 Å². The minimum Gasteiger partial charge on any atom is -0.463 e. The van der Waals surface area contributed by atoms with Crippen molar-refractivity contribution in [2.45, 2.75) is 64.0 Å². The summed E-state index contributed by atoms with van der Waals surface area (Å²) >= 11 is 0. The normalized spacial score (nSPS) is 11.4. The van der Waals surface area contributed by atoms with Crippen LogP contribution < -0.4 is 0 Å².